The number of hydrogen-bond donors (Lipinski definition) is 2. The molecule has 6 nitrogen and oxygen atoms in total. The van der Waals surface area contributed by atoms with Crippen LogP contribution in [0.3, 0.4) is 0 Å². The number of nitrogens with one attached hydrogen (secondary N) is 1. The monoisotopic (exact) mass is 701 g/mol. The van der Waals surface area contributed by atoms with Gasteiger partial charge in [-0.05, 0) is 145 Å². The molecule has 5 fully saturated rings. The van der Waals surface area contributed by atoms with Gasteiger partial charge in [0.25, 0.3) is 0 Å². The molecule has 10 atom stereocenters. The van der Waals surface area contributed by atoms with Crippen LogP contribution in [0.25, 0.3) is 0 Å². The van der Waals surface area contributed by atoms with Crippen molar-refractivity contribution >= 4 is 11.9 Å². The molecule has 0 saturated heterocycles. The Labute approximate surface area is 309 Å². The number of carboxylic acid groups (broad SMARTS) is 1. The maximum absolute atomic E-state index is 13.7. The number of allylic oxidation sites excluding steroid dienone is 2. The summed E-state index contributed by atoms with van der Waals surface area (Å²) < 4.78 is 6.72. The van der Waals surface area contributed by atoms with E-state index < -0.39 is 5.97 Å². The van der Waals surface area contributed by atoms with Crippen LogP contribution in [0, 0.1) is 62.1 Å². The summed E-state index contributed by atoms with van der Waals surface area (Å²) in [6.45, 7) is 28.6. The highest BCUT2D eigenvalue weighted by Gasteiger charge is 2.71. The molecule has 6 heteroatoms. The highest BCUT2D eigenvalue weighted by atomic mass is 16.5. The van der Waals surface area contributed by atoms with Crippen molar-refractivity contribution in [3.05, 3.63) is 54.6 Å². The number of fused-ring (bicyclic) bond motifs is 7. The SMILES string of the molecule is C=C(CC(C)(C)CC(=O)O)OC1CC[C@@]2(C)C(CC[C@]3(C)C2CC[C@@H]2C4C(C(=C)C)CC[C@]4(CC(=O)NCc4ccncc4)CC[C@]23C)C1(C)C. The second-order valence-electron chi connectivity index (χ2n) is 20.3. The number of rotatable bonds is 11. The van der Waals surface area contributed by atoms with E-state index in [9.17, 15) is 14.7 Å². The molecule has 0 radical (unpaired) electrons. The van der Waals surface area contributed by atoms with E-state index in [2.05, 4.69) is 65.0 Å². The smallest absolute Gasteiger partial charge is 0.303 e. The fraction of sp³-hybridized carbons (Fsp3) is 0.756. The van der Waals surface area contributed by atoms with Gasteiger partial charge in [0, 0.05) is 37.2 Å². The first-order chi connectivity index (χ1) is 23.8. The predicted octanol–water partition coefficient (Wildman–Crippen LogP) is 10.5. The summed E-state index contributed by atoms with van der Waals surface area (Å²) in [5.41, 5.74) is 2.78. The molecular weight excluding hydrogens is 633 g/mol. The van der Waals surface area contributed by atoms with Crippen molar-refractivity contribution in [3.63, 3.8) is 0 Å². The molecule has 5 unspecified atom stereocenters. The predicted molar refractivity (Wildman–Crippen MR) is 204 cm³/mol. The third-order valence-corrected chi connectivity index (χ3v) is 16.5. The van der Waals surface area contributed by atoms with Crippen LogP contribution < -0.4 is 5.32 Å². The highest BCUT2D eigenvalue weighted by molar-refractivity contribution is 5.77. The summed E-state index contributed by atoms with van der Waals surface area (Å²) in [5.74, 6) is 2.99. The summed E-state index contributed by atoms with van der Waals surface area (Å²) in [6, 6.07) is 3.97. The van der Waals surface area contributed by atoms with Crippen molar-refractivity contribution in [2.45, 2.75) is 152 Å². The Balaban J connectivity index is 1.21. The van der Waals surface area contributed by atoms with Gasteiger partial charge in [0.05, 0.1) is 12.2 Å². The van der Waals surface area contributed by atoms with Crippen LogP contribution >= 0.6 is 0 Å². The number of carboxylic acids is 1. The summed E-state index contributed by atoms with van der Waals surface area (Å²) >= 11 is 0. The number of carbonyl (C=O) groups is 2. The van der Waals surface area contributed by atoms with E-state index in [-0.39, 0.29) is 50.9 Å². The summed E-state index contributed by atoms with van der Waals surface area (Å²) in [5, 5.41) is 12.7. The number of aliphatic carboxylic acids is 1. The Kier molecular flexibility index (Phi) is 9.97. The minimum atomic E-state index is -0.774. The maximum Gasteiger partial charge on any atom is 0.303 e. The molecule has 0 aliphatic heterocycles. The second kappa shape index (κ2) is 13.3. The molecule has 1 heterocycles. The van der Waals surface area contributed by atoms with E-state index in [0.29, 0.717) is 49.0 Å². The lowest BCUT2D eigenvalue weighted by molar-refractivity contribution is -0.249. The van der Waals surface area contributed by atoms with Crippen molar-refractivity contribution < 1.29 is 19.4 Å². The number of carbonyl (C=O) groups excluding carboxylic acids is 1. The van der Waals surface area contributed by atoms with E-state index >= 15 is 0 Å². The largest absolute Gasteiger partial charge is 0.495 e. The zero-order valence-electron chi connectivity index (χ0n) is 33.2. The molecule has 6 rings (SSSR count). The minimum Gasteiger partial charge on any atom is -0.495 e. The lowest BCUT2D eigenvalue weighted by Crippen LogP contribution is -2.66. The molecule has 1 amide bonds. The average Bonchev–Trinajstić information content (AvgIpc) is 3.41. The molecule has 0 bridgehead atoms. The molecule has 0 spiro atoms. The molecule has 282 valence electrons. The molecule has 5 aliphatic rings. The fourth-order valence-electron chi connectivity index (χ4n) is 14.1. The molecule has 5 saturated carbocycles. The van der Waals surface area contributed by atoms with Gasteiger partial charge in [0.15, 0.2) is 0 Å². The topological polar surface area (TPSA) is 88.5 Å². The fourth-order valence-corrected chi connectivity index (χ4v) is 14.1. The first-order valence-electron chi connectivity index (χ1n) is 20.2. The normalized spacial score (nSPS) is 39.8. The van der Waals surface area contributed by atoms with E-state index in [1.165, 1.54) is 44.1 Å². The molecule has 2 N–H and O–H groups in total. The van der Waals surface area contributed by atoms with Crippen LogP contribution in [0.5, 0.6) is 0 Å². The molecule has 0 aromatic carbocycles. The van der Waals surface area contributed by atoms with Gasteiger partial charge in [0.1, 0.15) is 6.10 Å². The molecular formula is C45H68N2O4. The van der Waals surface area contributed by atoms with Crippen LogP contribution in [-0.4, -0.2) is 28.1 Å². The van der Waals surface area contributed by atoms with Crippen LogP contribution in [-0.2, 0) is 20.9 Å². The lowest BCUT2D eigenvalue weighted by atomic mass is 9.32. The number of amides is 1. The van der Waals surface area contributed by atoms with Gasteiger partial charge in [-0.3, -0.25) is 14.6 Å². The van der Waals surface area contributed by atoms with Gasteiger partial charge in [0.2, 0.25) is 5.91 Å². The van der Waals surface area contributed by atoms with Crippen LogP contribution in [0.4, 0.5) is 0 Å². The van der Waals surface area contributed by atoms with E-state index in [4.69, 9.17) is 4.74 Å². The number of nitrogens with zero attached hydrogens (tertiary/aromatic N) is 1. The van der Waals surface area contributed by atoms with Crippen molar-refractivity contribution in [2.24, 2.45) is 62.1 Å². The van der Waals surface area contributed by atoms with Crippen LogP contribution in [0.2, 0.25) is 0 Å². The Bertz CT molecular complexity index is 1520. The van der Waals surface area contributed by atoms with Gasteiger partial charge in [-0.2, -0.15) is 0 Å². The van der Waals surface area contributed by atoms with E-state index in [0.717, 1.165) is 37.0 Å². The number of aromatic nitrogens is 1. The van der Waals surface area contributed by atoms with Gasteiger partial charge in [-0.1, -0.05) is 67.2 Å². The van der Waals surface area contributed by atoms with Gasteiger partial charge in [-0.15, -0.1) is 0 Å². The van der Waals surface area contributed by atoms with Gasteiger partial charge in [-0.25, -0.2) is 0 Å². The van der Waals surface area contributed by atoms with Crippen molar-refractivity contribution in [1.29, 1.82) is 0 Å². The Morgan fingerprint density at radius 2 is 1.61 bits per heavy atom. The average molecular weight is 701 g/mol. The standard InChI is InChI=1S/C45H68N2O4/c1-29(2)32-13-20-45(26-37(48)47-28-31-16-23-46-24-17-31)22-21-43(9)33(39(32)45)11-12-35-42(8)18-15-36(41(6,7)34(42)14-19-44(35,43)10)51-30(3)25-40(4,5)27-38(49)50/h16-17,23-24,32-36,39H,1,3,11-15,18-22,25-28H2,2,4-10H3,(H,47,48)(H,49,50)/t32?,33-,34?,35?,36?,39?,42+,43-,44-,45-/m1/s1. The van der Waals surface area contributed by atoms with Crippen molar-refractivity contribution in [1.82, 2.24) is 10.3 Å². The third kappa shape index (κ3) is 6.51. The number of ether oxygens (including phenoxy) is 1. The zero-order chi connectivity index (χ0) is 37.2. The quantitative estimate of drug-likeness (QED) is 0.177. The summed E-state index contributed by atoms with van der Waals surface area (Å²) in [4.78, 5) is 29.3. The minimum absolute atomic E-state index is 0.00614. The molecule has 51 heavy (non-hydrogen) atoms. The summed E-state index contributed by atoms with van der Waals surface area (Å²) in [7, 11) is 0. The second-order valence-corrected chi connectivity index (χ2v) is 20.3. The summed E-state index contributed by atoms with van der Waals surface area (Å²) in [6.07, 6.45) is 16.8. The first kappa shape index (κ1) is 38.1. The van der Waals surface area contributed by atoms with Crippen molar-refractivity contribution in [2.75, 3.05) is 0 Å². The molecule has 1 aromatic rings. The molecule has 1 aromatic heterocycles. The van der Waals surface area contributed by atoms with Gasteiger partial charge >= 0.3 is 5.97 Å². The Morgan fingerprint density at radius 3 is 2.27 bits per heavy atom. The number of hydrogen-bond acceptors (Lipinski definition) is 4. The number of pyridine rings is 1. The lowest BCUT2D eigenvalue weighted by Gasteiger charge is -2.73. The zero-order valence-corrected chi connectivity index (χ0v) is 33.2. The van der Waals surface area contributed by atoms with Crippen molar-refractivity contribution in [3.8, 4) is 0 Å². The Hall–Kier alpha value is -2.63. The third-order valence-electron chi connectivity index (χ3n) is 16.5. The maximum atomic E-state index is 13.7. The van der Waals surface area contributed by atoms with E-state index in [1.54, 1.807) is 12.4 Å². The van der Waals surface area contributed by atoms with Gasteiger partial charge < -0.3 is 15.2 Å². The Morgan fingerprint density at radius 1 is 0.902 bits per heavy atom. The van der Waals surface area contributed by atoms with Crippen LogP contribution in [0.15, 0.2) is 49.0 Å². The highest BCUT2D eigenvalue weighted by Crippen LogP contribution is 2.78. The van der Waals surface area contributed by atoms with E-state index in [1.807, 2.05) is 26.0 Å². The molecule has 5 aliphatic carbocycles. The van der Waals surface area contributed by atoms with Crippen LogP contribution in [0.1, 0.15) is 144 Å². The first-order valence-corrected chi connectivity index (χ1v) is 20.2.